The molecule has 0 aromatic heterocycles. The minimum absolute atomic E-state index is 0.0924. The van der Waals surface area contributed by atoms with Crippen molar-refractivity contribution in [2.45, 2.75) is 32.2 Å². The molecule has 0 aromatic rings. The average molecular weight is 252 g/mol. The van der Waals surface area contributed by atoms with Gasteiger partial charge in [-0.2, -0.15) is 5.26 Å². The van der Waals surface area contributed by atoms with Crippen LogP contribution in [0.25, 0.3) is 0 Å². The van der Waals surface area contributed by atoms with Gasteiger partial charge in [0.05, 0.1) is 19.0 Å². The van der Waals surface area contributed by atoms with Crippen LogP contribution in [0, 0.1) is 17.2 Å². The van der Waals surface area contributed by atoms with Crippen LogP contribution in [0.4, 0.5) is 0 Å². The number of amides is 1. The number of nitrogens with two attached hydrogens (primary N) is 1. The minimum Gasteiger partial charge on any atom is -0.344 e. The van der Waals surface area contributed by atoms with Crippen LogP contribution in [0.5, 0.6) is 0 Å². The van der Waals surface area contributed by atoms with Gasteiger partial charge in [-0.3, -0.25) is 9.69 Å². The molecule has 0 aromatic carbocycles. The van der Waals surface area contributed by atoms with Crippen molar-refractivity contribution in [1.29, 1.82) is 5.26 Å². The predicted molar refractivity (Wildman–Crippen MR) is 70.7 cm³/mol. The summed E-state index contributed by atoms with van der Waals surface area (Å²) in [5, 5.41) is 8.51. The highest BCUT2D eigenvalue weighted by molar-refractivity contribution is 5.78. The van der Waals surface area contributed by atoms with Crippen LogP contribution >= 0.6 is 0 Å². The number of likely N-dealkylation sites (tertiary alicyclic amines) is 1. The Morgan fingerprint density at radius 1 is 1.56 bits per heavy atom. The van der Waals surface area contributed by atoms with E-state index >= 15 is 0 Å². The zero-order valence-electron chi connectivity index (χ0n) is 11.4. The molecular weight excluding hydrogens is 228 g/mol. The van der Waals surface area contributed by atoms with E-state index in [0.29, 0.717) is 38.0 Å². The molecule has 0 saturated carbocycles. The summed E-state index contributed by atoms with van der Waals surface area (Å²) in [5.41, 5.74) is 5.71. The van der Waals surface area contributed by atoms with Crippen LogP contribution in [0.15, 0.2) is 0 Å². The molecule has 102 valence electrons. The Hall–Kier alpha value is -1.12. The smallest absolute Gasteiger partial charge is 0.236 e. The molecule has 0 aliphatic carbocycles. The first-order valence-corrected chi connectivity index (χ1v) is 6.63. The van der Waals surface area contributed by atoms with Crippen LogP contribution < -0.4 is 5.73 Å². The van der Waals surface area contributed by atoms with Crippen LogP contribution in [-0.4, -0.2) is 55.0 Å². The van der Waals surface area contributed by atoms with Gasteiger partial charge in [-0.25, -0.2) is 0 Å². The Balaban J connectivity index is 2.44. The lowest BCUT2D eigenvalue weighted by molar-refractivity contribution is -0.132. The predicted octanol–water partition coefficient (Wildman–Crippen LogP) is 0.418. The van der Waals surface area contributed by atoms with Gasteiger partial charge in [0.1, 0.15) is 0 Å². The first-order valence-electron chi connectivity index (χ1n) is 6.63. The number of piperidine rings is 1. The van der Waals surface area contributed by atoms with Crippen molar-refractivity contribution in [1.82, 2.24) is 9.80 Å². The Morgan fingerprint density at radius 2 is 2.28 bits per heavy atom. The van der Waals surface area contributed by atoms with Gasteiger partial charge in [-0.15, -0.1) is 0 Å². The van der Waals surface area contributed by atoms with E-state index in [2.05, 4.69) is 17.9 Å². The Kier molecular flexibility index (Phi) is 6.10. The highest BCUT2D eigenvalue weighted by Gasteiger charge is 2.26. The molecule has 1 aliphatic rings. The van der Waals surface area contributed by atoms with Crippen molar-refractivity contribution in [2.75, 3.05) is 33.2 Å². The van der Waals surface area contributed by atoms with E-state index in [4.69, 9.17) is 11.0 Å². The molecule has 5 nitrogen and oxygen atoms in total. The third-order valence-electron chi connectivity index (χ3n) is 3.77. The molecule has 1 saturated heterocycles. The van der Waals surface area contributed by atoms with Crippen molar-refractivity contribution in [3.8, 4) is 6.07 Å². The first-order chi connectivity index (χ1) is 8.58. The third kappa shape index (κ3) is 4.28. The summed E-state index contributed by atoms with van der Waals surface area (Å²) in [6, 6.07) is 2.50. The number of carbonyl (C=O) groups excluding carboxylic acids is 1. The van der Waals surface area contributed by atoms with Crippen LogP contribution in [0.1, 0.15) is 26.2 Å². The summed E-state index contributed by atoms with van der Waals surface area (Å²) < 4.78 is 0. The van der Waals surface area contributed by atoms with E-state index < -0.39 is 0 Å². The lowest BCUT2D eigenvalue weighted by Gasteiger charge is -2.37. The monoisotopic (exact) mass is 252 g/mol. The summed E-state index contributed by atoms with van der Waals surface area (Å²) in [6.07, 6.45) is 2.66. The van der Waals surface area contributed by atoms with Crippen molar-refractivity contribution < 1.29 is 4.79 Å². The molecule has 2 N–H and O–H groups in total. The fourth-order valence-corrected chi connectivity index (χ4v) is 2.31. The number of rotatable bonds is 5. The maximum atomic E-state index is 12.0. The number of nitriles is 1. The van der Waals surface area contributed by atoms with Gasteiger partial charge in [0, 0.05) is 26.2 Å². The van der Waals surface area contributed by atoms with Gasteiger partial charge in [0.25, 0.3) is 0 Å². The molecule has 1 rings (SSSR count). The molecule has 1 amide bonds. The van der Waals surface area contributed by atoms with Crippen molar-refractivity contribution in [3.63, 3.8) is 0 Å². The van der Waals surface area contributed by atoms with Crippen molar-refractivity contribution >= 4 is 5.91 Å². The summed E-state index contributed by atoms with van der Waals surface area (Å²) in [4.78, 5) is 15.9. The average Bonchev–Trinajstić information content (AvgIpc) is 2.38. The topological polar surface area (TPSA) is 73.4 Å². The van der Waals surface area contributed by atoms with Gasteiger partial charge in [0.15, 0.2) is 0 Å². The molecule has 0 radical (unpaired) electrons. The van der Waals surface area contributed by atoms with E-state index in [1.165, 1.54) is 0 Å². The molecular formula is C13H24N4O. The third-order valence-corrected chi connectivity index (χ3v) is 3.77. The molecule has 1 heterocycles. The van der Waals surface area contributed by atoms with Crippen LogP contribution in [0.2, 0.25) is 0 Å². The molecule has 1 fully saturated rings. The van der Waals surface area contributed by atoms with Crippen LogP contribution in [0.3, 0.4) is 0 Å². The first kappa shape index (κ1) is 14.9. The van der Waals surface area contributed by atoms with Gasteiger partial charge in [-0.1, -0.05) is 0 Å². The molecule has 1 aliphatic heterocycles. The minimum atomic E-state index is 0.0924. The van der Waals surface area contributed by atoms with E-state index in [1.54, 1.807) is 11.9 Å². The molecule has 2 unspecified atom stereocenters. The fourth-order valence-electron chi connectivity index (χ4n) is 2.31. The van der Waals surface area contributed by atoms with Crippen LogP contribution in [-0.2, 0) is 4.79 Å². The largest absolute Gasteiger partial charge is 0.344 e. The molecule has 5 heteroatoms. The van der Waals surface area contributed by atoms with Gasteiger partial charge in [-0.05, 0) is 32.2 Å². The van der Waals surface area contributed by atoms with Crippen molar-refractivity contribution in [2.24, 2.45) is 11.7 Å². The highest BCUT2D eigenvalue weighted by Crippen LogP contribution is 2.20. The second-order valence-corrected chi connectivity index (χ2v) is 5.18. The summed E-state index contributed by atoms with van der Waals surface area (Å²) in [7, 11) is 1.76. The Morgan fingerprint density at radius 3 is 2.89 bits per heavy atom. The summed E-state index contributed by atoms with van der Waals surface area (Å²) in [5.74, 6) is 0.605. The normalized spacial score (nSPS) is 24.6. The lowest BCUT2D eigenvalue weighted by Crippen LogP contribution is -2.48. The van der Waals surface area contributed by atoms with Gasteiger partial charge in [0.2, 0.25) is 5.91 Å². The standard InChI is InChI=1S/C13H24N4O/c1-11-4-5-12(8-15)9-17(11)10-13(18)16(2)7-3-6-14/h11-12H,3-5,7-10,15H2,1-2H3. The Labute approximate surface area is 110 Å². The molecule has 0 spiro atoms. The summed E-state index contributed by atoms with van der Waals surface area (Å²) >= 11 is 0. The zero-order valence-corrected chi connectivity index (χ0v) is 11.4. The number of hydrogen-bond acceptors (Lipinski definition) is 4. The quantitative estimate of drug-likeness (QED) is 0.769. The van der Waals surface area contributed by atoms with Gasteiger partial charge >= 0.3 is 0 Å². The number of nitrogens with zero attached hydrogens (tertiary/aromatic N) is 3. The van der Waals surface area contributed by atoms with E-state index in [-0.39, 0.29) is 5.91 Å². The zero-order chi connectivity index (χ0) is 13.5. The van der Waals surface area contributed by atoms with E-state index in [0.717, 1.165) is 19.4 Å². The van der Waals surface area contributed by atoms with Crippen molar-refractivity contribution in [3.05, 3.63) is 0 Å². The fraction of sp³-hybridized carbons (Fsp3) is 0.846. The second-order valence-electron chi connectivity index (χ2n) is 5.18. The molecule has 2 atom stereocenters. The number of hydrogen-bond donors (Lipinski definition) is 1. The van der Waals surface area contributed by atoms with Gasteiger partial charge < -0.3 is 10.6 Å². The molecule has 18 heavy (non-hydrogen) atoms. The highest BCUT2D eigenvalue weighted by atomic mass is 16.2. The lowest BCUT2D eigenvalue weighted by atomic mass is 9.93. The SMILES string of the molecule is CC1CCC(CN)CN1CC(=O)N(C)CCC#N. The second kappa shape index (κ2) is 7.34. The molecule has 0 bridgehead atoms. The van der Waals surface area contributed by atoms with E-state index in [9.17, 15) is 4.79 Å². The number of likely N-dealkylation sites (N-methyl/N-ethyl adjacent to an activating group) is 1. The van der Waals surface area contributed by atoms with E-state index in [1.807, 2.05) is 0 Å². The maximum absolute atomic E-state index is 12.0. The Bertz CT molecular complexity index is 313. The number of carbonyl (C=O) groups is 1. The maximum Gasteiger partial charge on any atom is 0.236 e. The summed E-state index contributed by atoms with van der Waals surface area (Å²) in [6.45, 7) is 4.73.